The number of alkyl halides is 3. The molecule has 0 spiro atoms. The lowest BCUT2D eigenvalue weighted by molar-refractivity contribution is -0.154. The van der Waals surface area contributed by atoms with Gasteiger partial charge >= 0.3 is 6.18 Å². The lowest BCUT2D eigenvalue weighted by Gasteiger charge is -2.11. The fourth-order valence-corrected chi connectivity index (χ4v) is 2.51. The zero-order valence-electron chi connectivity index (χ0n) is 14.5. The van der Waals surface area contributed by atoms with E-state index in [0.717, 1.165) is 5.56 Å². The highest BCUT2D eigenvalue weighted by Crippen LogP contribution is 2.20. The van der Waals surface area contributed by atoms with Crippen molar-refractivity contribution >= 4 is 16.8 Å². The number of aromatic nitrogens is 4. The van der Waals surface area contributed by atoms with Gasteiger partial charge in [0.25, 0.3) is 5.91 Å². The highest BCUT2D eigenvalue weighted by molar-refractivity contribution is 6.03. The number of carbonyl (C=O) groups excluding carboxylic acids is 1. The molecular formula is C17H16F3N5O2. The molecule has 27 heavy (non-hydrogen) atoms. The van der Waals surface area contributed by atoms with E-state index < -0.39 is 12.8 Å². The van der Waals surface area contributed by atoms with Crippen molar-refractivity contribution in [1.29, 1.82) is 0 Å². The zero-order valence-corrected chi connectivity index (χ0v) is 14.5. The SMILES string of the molecule is CNC(=O)c1nccc2nn(Cc3cnc(OCC(F)(F)F)cc3C)cc12. The number of amides is 1. The maximum absolute atomic E-state index is 12.2. The summed E-state index contributed by atoms with van der Waals surface area (Å²) in [5.74, 6) is -0.408. The molecule has 0 saturated carbocycles. The molecule has 0 aliphatic carbocycles. The second-order valence-electron chi connectivity index (χ2n) is 5.85. The molecule has 3 heterocycles. The standard InChI is InChI=1S/C17H16F3N5O2/c1-10-5-14(27-9-17(18,19)20)23-6-11(10)7-25-8-12-13(24-25)3-4-22-15(12)16(26)21-2/h3-6,8H,7,9H2,1-2H3,(H,21,26). The number of aryl methyl sites for hydroxylation is 1. The third kappa shape index (κ3) is 4.33. The van der Waals surface area contributed by atoms with Crippen LogP contribution in [-0.4, -0.2) is 45.5 Å². The first kappa shape index (κ1) is 18.6. The predicted octanol–water partition coefficient (Wildman–Crippen LogP) is 2.48. The largest absolute Gasteiger partial charge is 0.468 e. The molecule has 0 saturated heterocycles. The van der Waals surface area contributed by atoms with E-state index in [1.54, 1.807) is 23.9 Å². The average Bonchev–Trinajstić information content (AvgIpc) is 3.03. The molecule has 0 aromatic carbocycles. The van der Waals surface area contributed by atoms with E-state index in [9.17, 15) is 18.0 Å². The van der Waals surface area contributed by atoms with E-state index in [-0.39, 0.29) is 17.5 Å². The summed E-state index contributed by atoms with van der Waals surface area (Å²) < 4.78 is 43.0. The maximum atomic E-state index is 12.2. The number of pyridine rings is 2. The molecule has 0 bridgehead atoms. The van der Waals surface area contributed by atoms with Crippen LogP contribution in [0.2, 0.25) is 0 Å². The van der Waals surface area contributed by atoms with Gasteiger partial charge in [0.05, 0.1) is 17.4 Å². The molecule has 0 aliphatic rings. The highest BCUT2D eigenvalue weighted by atomic mass is 19.4. The van der Waals surface area contributed by atoms with E-state index >= 15 is 0 Å². The molecule has 3 rings (SSSR count). The summed E-state index contributed by atoms with van der Waals surface area (Å²) in [5, 5.41) is 7.54. The molecule has 7 nitrogen and oxygen atoms in total. The smallest absolute Gasteiger partial charge is 0.422 e. The van der Waals surface area contributed by atoms with Crippen molar-refractivity contribution in [2.24, 2.45) is 0 Å². The monoisotopic (exact) mass is 379 g/mol. The van der Waals surface area contributed by atoms with Crippen molar-refractivity contribution < 1.29 is 22.7 Å². The summed E-state index contributed by atoms with van der Waals surface area (Å²) in [6.45, 7) is 0.692. The second-order valence-corrected chi connectivity index (χ2v) is 5.85. The molecule has 1 N–H and O–H groups in total. The van der Waals surface area contributed by atoms with Gasteiger partial charge < -0.3 is 10.1 Å². The minimum Gasteiger partial charge on any atom is -0.468 e. The van der Waals surface area contributed by atoms with Crippen LogP contribution in [0.25, 0.3) is 10.9 Å². The number of fused-ring (bicyclic) bond motifs is 1. The molecule has 0 unspecified atom stereocenters. The summed E-state index contributed by atoms with van der Waals surface area (Å²) in [6.07, 6.45) is 0.232. The number of hydrogen-bond acceptors (Lipinski definition) is 5. The Labute approximate surface area is 152 Å². The molecule has 0 aliphatic heterocycles. The fraction of sp³-hybridized carbons (Fsp3) is 0.294. The normalized spacial score (nSPS) is 11.6. The molecule has 0 fully saturated rings. The van der Waals surface area contributed by atoms with E-state index in [1.807, 2.05) is 0 Å². The number of carbonyl (C=O) groups is 1. The van der Waals surface area contributed by atoms with Gasteiger partial charge in [0, 0.05) is 31.7 Å². The van der Waals surface area contributed by atoms with Crippen LogP contribution in [0.15, 0.2) is 30.7 Å². The van der Waals surface area contributed by atoms with Crippen LogP contribution in [0, 0.1) is 6.92 Å². The summed E-state index contributed by atoms with van der Waals surface area (Å²) in [4.78, 5) is 19.9. The summed E-state index contributed by atoms with van der Waals surface area (Å²) in [7, 11) is 1.52. The zero-order chi connectivity index (χ0) is 19.6. The highest BCUT2D eigenvalue weighted by Gasteiger charge is 2.28. The first-order valence-corrected chi connectivity index (χ1v) is 7.96. The molecule has 0 radical (unpaired) electrons. The molecular weight excluding hydrogens is 363 g/mol. The summed E-state index contributed by atoms with van der Waals surface area (Å²) in [6, 6.07) is 3.14. The van der Waals surface area contributed by atoms with Crippen LogP contribution < -0.4 is 10.1 Å². The van der Waals surface area contributed by atoms with E-state index in [1.165, 1.54) is 25.5 Å². The Hall–Kier alpha value is -3.17. The van der Waals surface area contributed by atoms with Gasteiger partial charge in [-0.1, -0.05) is 0 Å². The van der Waals surface area contributed by atoms with Crippen LogP contribution >= 0.6 is 0 Å². The number of nitrogens with zero attached hydrogens (tertiary/aromatic N) is 4. The quantitative estimate of drug-likeness (QED) is 0.737. The minimum atomic E-state index is -4.42. The van der Waals surface area contributed by atoms with Crippen molar-refractivity contribution in [2.75, 3.05) is 13.7 Å². The number of nitrogens with one attached hydrogen (secondary N) is 1. The Bertz CT molecular complexity index is 984. The van der Waals surface area contributed by atoms with Crippen LogP contribution in [-0.2, 0) is 6.54 Å². The Morgan fingerprint density at radius 3 is 2.78 bits per heavy atom. The van der Waals surface area contributed by atoms with Gasteiger partial charge in [-0.25, -0.2) is 4.98 Å². The summed E-state index contributed by atoms with van der Waals surface area (Å²) in [5.41, 5.74) is 2.36. The maximum Gasteiger partial charge on any atom is 0.422 e. The van der Waals surface area contributed by atoms with Crippen molar-refractivity contribution in [3.63, 3.8) is 0 Å². The van der Waals surface area contributed by atoms with Gasteiger partial charge in [-0.15, -0.1) is 0 Å². The van der Waals surface area contributed by atoms with Gasteiger partial charge in [0.2, 0.25) is 5.88 Å². The van der Waals surface area contributed by atoms with Gasteiger partial charge in [0.15, 0.2) is 6.61 Å². The molecule has 10 heteroatoms. The van der Waals surface area contributed by atoms with Crippen molar-refractivity contribution in [1.82, 2.24) is 25.1 Å². The predicted molar refractivity (Wildman–Crippen MR) is 90.5 cm³/mol. The minimum absolute atomic E-state index is 0.0923. The van der Waals surface area contributed by atoms with Crippen molar-refractivity contribution in [3.8, 4) is 5.88 Å². The van der Waals surface area contributed by atoms with E-state index in [2.05, 4.69) is 25.1 Å². The average molecular weight is 379 g/mol. The Morgan fingerprint density at radius 1 is 1.33 bits per heavy atom. The Morgan fingerprint density at radius 2 is 2.11 bits per heavy atom. The van der Waals surface area contributed by atoms with Crippen LogP contribution in [0.1, 0.15) is 21.6 Å². The summed E-state index contributed by atoms with van der Waals surface area (Å²) >= 11 is 0. The van der Waals surface area contributed by atoms with Crippen molar-refractivity contribution in [3.05, 3.63) is 47.5 Å². The fourth-order valence-electron chi connectivity index (χ4n) is 2.51. The molecule has 1 amide bonds. The molecule has 3 aromatic heterocycles. The van der Waals surface area contributed by atoms with Gasteiger partial charge in [0.1, 0.15) is 5.69 Å². The second kappa shape index (κ2) is 7.22. The van der Waals surface area contributed by atoms with E-state index in [4.69, 9.17) is 0 Å². The van der Waals surface area contributed by atoms with Crippen LogP contribution in [0.5, 0.6) is 5.88 Å². The molecule has 142 valence electrons. The number of halogens is 3. The third-order valence-electron chi connectivity index (χ3n) is 3.83. The Kier molecular flexibility index (Phi) is 4.98. The Balaban J connectivity index is 1.82. The van der Waals surface area contributed by atoms with Crippen LogP contribution in [0.3, 0.4) is 0 Å². The van der Waals surface area contributed by atoms with Gasteiger partial charge in [-0.3, -0.25) is 14.5 Å². The molecule has 0 atom stereocenters. The lowest BCUT2D eigenvalue weighted by Crippen LogP contribution is -2.19. The van der Waals surface area contributed by atoms with Crippen molar-refractivity contribution in [2.45, 2.75) is 19.6 Å². The first-order valence-electron chi connectivity index (χ1n) is 7.96. The third-order valence-corrected chi connectivity index (χ3v) is 3.83. The lowest BCUT2D eigenvalue weighted by atomic mass is 10.1. The number of hydrogen-bond donors (Lipinski definition) is 1. The van der Waals surface area contributed by atoms with Gasteiger partial charge in [-0.05, 0) is 24.1 Å². The van der Waals surface area contributed by atoms with Gasteiger partial charge in [-0.2, -0.15) is 18.3 Å². The topological polar surface area (TPSA) is 81.9 Å². The van der Waals surface area contributed by atoms with E-state index in [0.29, 0.717) is 23.0 Å². The number of ether oxygens (including phenoxy) is 1. The van der Waals surface area contributed by atoms with Crippen LogP contribution in [0.4, 0.5) is 13.2 Å². The number of rotatable bonds is 5. The molecule has 3 aromatic rings. The first-order chi connectivity index (χ1) is 12.8.